The normalized spacial score (nSPS) is 8.10. The van der Waals surface area contributed by atoms with Crippen LogP contribution in [0.4, 0.5) is 0 Å². The van der Waals surface area contributed by atoms with Gasteiger partial charge < -0.3 is 31.5 Å². The van der Waals surface area contributed by atoms with E-state index >= 15 is 0 Å². The van der Waals surface area contributed by atoms with E-state index in [0.717, 1.165) is 26.2 Å². The van der Waals surface area contributed by atoms with Gasteiger partial charge in [0.2, 0.25) is 0 Å². The van der Waals surface area contributed by atoms with Gasteiger partial charge in [0.05, 0.1) is 0 Å². The Bertz CT molecular complexity index is 96.1. The van der Waals surface area contributed by atoms with Crippen LogP contribution in [0.1, 0.15) is 0 Å². The molecule has 0 rings (SSSR count). The molecule has 0 aromatic carbocycles. The Hall–Kier alpha value is 0.500. The number of hydrogen-bond acceptors (Lipinski definition) is 1. The van der Waals surface area contributed by atoms with Crippen LogP contribution in [0.3, 0.4) is 0 Å². The molecule has 0 bridgehead atoms. The summed E-state index contributed by atoms with van der Waals surface area (Å²) in [5.41, 5.74) is 0. The molecule has 0 N–H and O–H groups in total. The molecule has 7 heteroatoms. The predicted octanol–water partition coefficient (Wildman–Crippen LogP) is 2.78. The van der Waals surface area contributed by atoms with Gasteiger partial charge in [0.1, 0.15) is 0 Å². The maximum absolute atomic E-state index is 4.01. The molecule has 0 saturated heterocycles. The standard InChI is InChI=1S/C7H17N3.3C2H6N.Ta/c1-8-4-6-10(3)7-5-9-2;3*1-3-2;/h4-7H2,1-3H3;3*1-2H3;/q-2;3*-1;+5. The van der Waals surface area contributed by atoms with E-state index in [2.05, 4.69) is 38.5 Å². The first-order chi connectivity index (χ1) is 9.05. The van der Waals surface area contributed by atoms with Gasteiger partial charge in [0, 0.05) is 0 Å². The second-order valence-electron chi connectivity index (χ2n) is 3.72. The Kier molecular flexibility index (Phi) is 69.3. The van der Waals surface area contributed by atoms with Crippen LogP contribution in [-0.4, -0.2) is 94.5 Å². The zero-order chi connectivity index (χ0) is 15.9. The fourth-order valence-corrected chi connectivity index (χ4v) is 0.653. The van der Waals surface area contributed by atoms with Crippen molar-refractivity contribution in [3.63, 3.8) is 0 Å². The van der Waals surface area contributed by atoms with Crippen LogP contribution in [0, 0.1) is 0 Å². The zero-order valence-electron chi connectivity index (χ0n) is 15.0. The largest absolute Gasteiger partial charge is 5.00 e. The molecule has 0 atom stereocenters. The minimum absolute atomic E-state index is 0. The summed E-state index contributed by atoms with van der Waals surface area (Å²) in [5.74, 6) is 0. The van der Waals surface area contributed by atoms with Crippen molar-refractivity contribution < 1.29 is 22.4 Å². The second-order valence-corrected chi connectivity index (χ2v) is 3.72. The van der Waals surface area contributed by atoms with Crippen molar-refractivity contribution in [1.82, 2.24) is 4.90 Å². The van der Waals surface area contributed by atoms with Crippen LogP contribution in [0.2, 0.25) is 0 Å². The molecule has 122 valence electrons. The summed E-state index contributed by atoms with van der Waals surface area (Å²) < 4.78 is 0. The second kappa shape index (κ2) is 42.7. The number of nitrogens with zero attached hydrogens (tertiary/aromatic N) is 6. The van der Waals surface area contributed by atoms with Crippen molar-refractivity contribution in [2.75, 3.05) is 89.6 Å². The minimum atomic E-state index is 0. The van der Waals surface area contributed by atoms with Gasteiger partial charge in [-0.2, -0.15) is 56.4 Å². The van der Waals surface area contributed by atoms with Crippen LogP contribution in [0.5, 0.6) is 0 Å². The SMILES string of the molecule is C[N-]C.C[N-]C.C[N-]C.C[N-]CCN(C)CC[N-]C.[Ta+5]. The molecule has 20 heavy (non-hydrogen) atoms. The Morgan fingerprint density at radius 1 is 0.600 bits per heavy atom. The number of likely N-dealkylation sites (N-methyl/N-ethyl adjacent to an activating group) is 3. The van der Waals surface area contributed by atoms with E-state index in [0.29, 0.717) is 0 Å². The summed E-state index contributed by atoms with van der Waals surface area (Å²) in [4.78, 5) is 2.24. The summed E-state index contributed by atoms with van der Waals surface area (Å²) >= 11 is 0. The molecule has 0 saturated carbocycles. The van der Waals surface area contributed by atoms with E-state index < -0.39 is 0 Å². The van der Waals surface area contributed by atoms with E-state index in [9.17, 15) is 0 Å². The molecule has 0 spiro atoms. The third kappa shape index (κ3) is 78.4. The summed E-state index contributed by atoms with van der Waals surface area (Å²) in [5, 5.41) is 18.5. The summed E-state index contributed by atoms with van der Waals surface area (Å²) in [7, 11) is 16.3. The molecule has 0 fully saturated rings. The molecule has 0 aromatic heterocycles. The maximum atomic E-state index is 4.01. The van der Waals surface area contributed by atoms with Crippen LogP contribution in [0.25, 0.3) is 26.6 Å². The number of hydrogen-bond donors (Lipinski definition) is 0. The zero-order valence-corrected chi connectivity index (χ0v) is 18.2. The third-order valence-electron chi connectivity index (χ3n) is 1.41. The van der Waals surface area contributed by atoms with E-state index in [1.807, 2.05) is 14.1 Å². The quantitative estimate of drug-likeness (QED) is 0.606. The van der Waals surface area contributed by atoms with Gasteiger partial charge in [0.25, 0.3) is 0 Å². The van der Waals surface area contributed by atoms with E-state index in [4.69, 9.17) is 0 Å². The van der Waals surface area contributed by atoms with Crippen molar-refractivity contribution in [1.29, 1.82) is 0 Å². The molecule has 0 aliphatic rings. The van der Waals surface area contributed by atoms with Gasteiger partial charge >= 0.3 is 22.4 Å². The van der Waals surface area contributed by atoms with E-state index in [1.165, 1.54) is 0 Å². The third-order valence-corrected chi connectivity index (χ3v) is 1.41. The average Bonchev–Trinajstić information content (AvgIpc) is 2.36. The van der Waals surface area contributed by atoms with E-state index in [-0.39, 0.29) is 22.4 Å². The fraction of sp³-hybridized carbons (Fsp3) is 1.00. The van der Waals surface area contributed by atoms with Crippen LogP contribution in [-0.2, 0) is 22.4 Å². The van der Waals surface area contributed by atoms with E-state index in [1.54, 1.807) is 42.3 Å². The average molecular weight is 456 g/mol. The van der Waals surface area contributed by atoms with Gasteiger partial charge in [-0.1, -0.05) is 0 Å². The molecule has 0 heterocycles. The Labute approximate surface area is 143 Å². The monoisotopic (exact) mass is 456 g/mol. The molecule has 6 nitrogen and oxygen atoms in total. The summed E-state index contributed by atoms with van der Waals surface area (Å²) in [6.45, 7) is 3.96. The van der Waals surface area contributed by atoms with Gasteiger partial charge in [0.15, 0.2) is 0 Å². The first-order valence-corrected chi connectivity index (χ1v) is 6.29. The molecular weight excluding hydrogens is 421 g/mol. The maximum Gasteiger partial charge on any atom is 5.00 e. The van der Waals surface area contributed by atoms with Gasteiger partial charge in [-0.05, 0) is 20.1 Å². The minimum Gasteiger partial charge on any atom is -0.668 e. The van der Waals surface area contributed by atoms with Crippen molar-refractivity contribution in [2.24, 2.45) is 0 Å². The van der Waals surface area contributed by atoms with Gasteiger partial charge in [-0.25, -0.2) is 0 Å². The Balaban J connectivity index is -0.0000000626. The summed E-state index contributed by atoms with van der Waals surface area (Å²) in [6.07, 6.45) is 0. The van der Waals surface area contributed by atoms with Crippen molar-refractivity contribution >= 4 is 0 Å². The van der Waals surface area contributed by atoms with Crippen molar-refractivity contribution in [2.45, 2.75) is 0 Å². The molecule has 0 aliphatic carbocycles. The van der Waals surface area contributed by atoms with Crippen LogP contribution < -0.4 is 0 Å². The van der Waals surface area contributed by atoms with Crippen LogP contribution in [0.15, 0.2) is 0 Å². The van der Waals surface area contributed by atoms with Gasteiger partial charge in [-0.3, -0.25) is 0 Å². The van der Waals surface area contributed by atoms with Crippen molar-refractivity contribution in [3.05, 3.63) is 26.6 Å². The predicted molar refractivity (Wildman–Crippen MR) is 91.4 cm³/mol. The van der Waals surface area contributed by atoms with Crippen LogP contribution >= 0.6 is 0 Å². The Morgan fingerprint density at radius 3 is 0.950 bits per heavy atom. The molecule has 0 amide bonds. The molecular formula is C13H35N6Ta. The number of rotatable bonds is 6. The topological polar surface area (TPSA) is 73.7 Å². The molecule has 0 radical (unpaired) electrons. The van der Waals surface area contributed by atoms with Gasteiger partial charge in [-0.15, -0.1) is 13.1 Å². The first-order valence-electron chi connectivity index (χ1n) is 6.29. The Morgan fingerprint density at radius 2 is 0.800 bits per heavy atom. The smallest absolute Gasteiger partial charge is 0.668 e. The molecule has 0 aliphatic heterocycles. The first kappa shape index (κ1) is 32.4. The van der Waals surface area contributed by atoms with Crippen molar-refractivity contribution in [3.8, 4) is 0 Å². The molecule has 0 unspecified atom stereocenters. The summed E-state index contributed by atoms with van der Waals surface area (Å²) in [6, 6.07) is 0. The fourth-order valence-electron chi connectivity index (χ4n) is 0.653. The molecule has 0 aromatic rings.